The van der Waals surface area contributed by atoms with E-state index in [0.29, 0.717) is 0 Å². The molecule has 0 radical (unpaired) electrons. The third-order valence-corrected chi connectivity index (χ3v) is 2.80. The van der Waals surface area contributed by atoms with Gasteiger partial charge in [-0.25, -0.2) is 4.79 Å². The van der Waals surface area contributed by atoms with Crippen LogP contribution in [0, 0.1) is 5.41 Å². The largest absolute Gasteiger partial charge is 0.347 e. The van der Waals surface area contributed by atoms with Crippen molar-refractivity contribution in [1.29, 1.82) is 0 Å². The average Bonchev–Trinajstić information content (AvgIpc) is 2.34. The Morgan fingerprint density at radius 1 is 1.05 bits per heavy atom. The molecule has 0 atom stereocenters. The summed E-state index contributed by atoms with van der Waals surface area (Å²) in [5, 5.41) is 0. The highest BCUT2D eigenvalue weighted by Gasteiger charge is 2.31. The van der Waals surface area contributed by atoms with Gasteiger partial charge in [0.25, 0.3) is 0 Å². The summed E-state index contributed by atoms with van der Waals surface area (Å²) in [6.07, 6.45) is 1.57. The zero-order valence-corrected chi connectivity index (χ0v) is 12.5. The van der Waals surface area contributed by atoms with Crippen LogP contribution in [0.1, 0.15) is 46.6 Å². The van der Waals surface area contributed by atoms with Crippen molar-refractivity contribution in [3.63, 3.8) is 0 Å². The summed E-state index contributed by atoms with van der Waals surface area (Å²) in [4.78, 5) is 22.0. The molecule has 0 N–H and O–H groups in total. The maximum absolute atomic E-state index is 12.0. The number of hydrogen-bond donors (Lipinski definition) is 0. The summed E-state index contributed by atoms with van der Waals surface area (Å²) in [7, 11) is 0. The molecule has 0 aliphatic carbocycles. The van der Waals surface area contributed by atoms with E-state index in [-0.39, 0.29) is 5.97 Å². The molecule has 0 unspecified atom stereocenters. The lowest BCUT2D eigenvalue weighted by Crippen LogP contribution is -2.31. The van der Waals surface area contributed by atoms with Crippen LogP contribution in [-0.4, -0.2) is 11.6 Å². The topological polar surface area (TPSA) is 35.5 Å². The second-order valence-electron chi connectivity index (χ2n) is 6.44. The van der Waals surface area contributed by atoms with Crippen LogP contribution < -0.4 is 0 Å². The zero-order valence-electron chi connectivity index (χ0n) is 12.5. The smallest absolute Gasteiger partial charge is 0.297 e. The van der Waals surface area contributed by atoms with Gasteiger partial charge in [0.1, 0.15) is 5.60 Å². The highest BCUT2D eigenvalue weighted by molar-refractivity contribution is 5.75. The van der Waals surface area contributed by atoms with Crippen molar-refractivity contribution in [3.8, 4) is 0 Å². The van der Waals surface area contributed by atoms with Gasteiger partial charge in [-0.3, -0.25) is 4.89 Å². The third kappa shape index (κ3) is 5.88. The molecule has 1 aromatic rings. The molecule has 106 valence electrons. The summed E-state index contributed by atoms with van der Waals surface area (Å²) in [6.45, 7) is 9.29. The Kier molecular flexibility index (Phi) is 5.12. The molecule has 0 saturated heterocycles. The van der Waals surface area contributed by atoms with Gasteiger partial charge >= 0.3 is 5.97 Å². The van der Waals surface area contributed by atoms with Crippen LogP contribution in [0.3, 0.4) is 0 Å². The highest BCUT2D eigenvalue weighted by Crippen LogP contribution is 2.25. The van der Waals surface area contributed by atoms with E-state index in [1.807, 2.05) is 52.8 Å². The minimum Gasteiger partial charge on any atom is -0.297 e. The van der Waals surface area contributed by atoms with Crippen LogP contribution in [-0.2, 0) is 21.0 Å². The van der Waals surface area contributed by atoms with Gasteiger partial charge in [-0.05, 0) is 53.0 Å². The normalized spacial score (nSPS) is 12.3. The molecule has 0 fully saturated rings. The first-order valence-corrected chi connectivity index (χ1v) is 6.65. The van der Waals surface area contributed by atoms with E-state index in [1.165, 1.54) is 5.56 Å². The van der Waals surface area contributed by atoms with Crippen LogP contribution in [0.2, 0.25) is 0 Å². The molecule has 19 heavy (non-hydrogen) atoms. The van der Waals surface area contributed by atoms with Gasteiger partial charge in [0.2, 0.25) is 0 Å². The Labute approximate surface area is 115 Å². The molecule has 0 saturated carbocycles. The van der Waals surface area contributed by atoms with Crippen LogP contribution in [0.4, 0.5) is 0 Å². The molecule has 0 aromatic heterocycles. The maximum Gasteiger partial charge on any atom is 0.347 e. The molecule has 3 heteroatoms. The Balaban J connectivity index is 2.48. The Bertz CT molecular complexity index is 402. The van der Waals surface area contributed by atoms with Crippen molar-refractivity contribution in [2.24, 2.45) is 5.41 Å². The Hall–Kier alpha value is -1.35. The minimum absolute atomic E-state index is 0.321. The summed E-state index contributed by atoms with van der Waals surface area (Å²) in [6, 6.07) is 10.1. The lowest BCUT2D eigenvalue weighted by molar-refractivity contribution is -0.326. The molecule has 0 bridgehead atoms. The molecule has 3 nitrogen and oxygen atoms in total. The lowest BCUT2D eigenvalue weighted by Gasteiger charge is -2.24. The SMILES string of the molecule is CC(C)(C)OOC(=O)C(C)(C)CCc1ccccc1. The molecule has 0 amide bonds. The van der Waals surface area contributed by atoms with Gasteiger partial charge in [0.05, 0.1) is 5.41 Å². The van der Waals surface area contributed by atoms with Gasteiger partial charge in [0.15, 0.2) is 0 Å². The van der Waals surface area contributed by atoms with Crippen LogP contribution in [0.25, 0.3) is 0 Å². The van der Waals surface area contributed by atoms with Crippen molar-refractivity contribution >= 4 is 5.97 Å². The van der Waals surface area contributed by atoms with Crippen LogP contribution in [0.15, 0.2) is 30.3 Å². The fourth-order valence-electron chi connectivity index (χ4n) is 1.48. The van der Waals surface area contributed by atoms with Crippen LogP contribution in [0.5, 0.6) is 0 Å². The number of aryl methyl sites for hydroxylation is 1. The van der Waals surface area contributed by atoms with Gasteiger partial charge in [0, 0.05) is 0 Å². The molecule has 1 aromatic carbocycles. The van der Waals surface area contributed by atoms with E-state index < -0.39 is 11.0 Å². The van der Waals surface area contributed by atoms with Crippen molar-refractivity contribution in [2.75, 3.05) is 0 Å². The Morgan fingerprint density at radius 3 is 2.16 bits per heavy atom. The molecule has 0 spiro atoms. The Morgan fingerprint density at radius 2 is 1.63 bits per heavy atom. The maximum atomic E-state index is 12.0. The second-order valence-corrected chi connectivity index (χ2v) is 6.44. The summed E-state index contributed by atoms with van der Waals surface area (Å²) in [5.41, 5.74) is 0.187. The quantitative estimate of drug-likeness (QED) is 0.597. The average molecular weight is 264 g/mol. The van der Waals surface area contributed by atoms with E-state index in [2.05, 4.69) is 12.1 Å². The molecule has 0 heterocycles. The van der Waals surface area contributed by atoms with E-state index >= 15 is 0 Å². The van der Waals surface area contributed by atoms with Crippen molar-refractivity contribution in [3.05, 3.63) is 35.9 Å². The van der Waals surface area contributed by atoms with Gasteiger partial charge in [-0.2, -0.15) is 4.89 Å². The fourth-order valence-corrected chi connectivity index (χ4v) is 1.48. The minimum atomic E-state index is -0.554. The number of carbonyl (C=O) groups is 1. The van der Waals surface area contributed by atoms with Crippen molar-refractivity contribution in [2.45, 2.75) is 53.1 Å². The molecular formula is C16H24O3. The number of rotatable bonds is 5. The molecule has 0 aliphatic rings. The molecule has 0 aliphatic heterocycles. The first-order valence-electron chi connectivity index (χ1n) is 6.65. The molecular weight excluding hydrogens is 240 g/mol. The van der Waals surface area contributed by atoms with Crippen LogP contribution >= 0.6 is 0 Å². The zero-order chi connectivity index (χ0) is 14.5. The standard InChI is InChI=1S/C16H24O3/c1-15(2,3)19-18-14(17)16(4,5)12-11-13-9-7-6-8-10-13/h6-10H,11-12H2,1-5H3. The van der Waals surface area contributed by atoms with Gasteiger partial charge < -0.3 is 0 Å². The molecule has 1 rings (SSSR count). The van der Waals surface area contributed by atoms with E-state index in [1.54, 1.807) is 0 Å². The first-order chi connectivity index (χ1) is 8.71. The van der Waals surface area contributed by atoms with Crippen molar-refractivity contribution in [1.82, 2.24) is 0 Å². The third-order valence-electron chi connectivity index (χ3n) is 2.80. The monoisotopic (exact) mass is 264 g/mol. The number of benzene rings is 1. The first kappa shape index (κ1) is 15.7. The second kappa shape index (κ2) is 6.20. The van der Waals surface area contributed by atoms with E-state index in [4.69, 9.17) is 9.78 Å². The summed E-state index contributed by atoms with van der Waals surface area (Å²) < 4.78 is 0. The summed E-state index contributed by atoms with van der Waals surface area (Å²) >= 11 is 0. The van der Waals surface area contributed by atoms with E-state index in [9.17, 15) is 4.79 Å². The van der Waals surface area contributed by atoms with Gasteiger partial charge in [-0.1, -0.05) is 30.3 Å². The predicted molar refractivity (Wildman–Crippen MR) is 75.5 cm³/mol. The number of carbonyl (C=O) groups excluding carboxylic acids is 1. The van der Waals surface area contributed by atoms with Crippen molar-refractivity contribution < 1.29 is 14.6 Å². The van der Waals surface area contributed by atoms with E-state index in [0.717, 1.165) is 12.8 Å². The highest BCUT2D eigenvalue weighted by atomic mass is 17.2. The lowest BCUT2D eigenvalue weighted by atomic mass is 9.86. The summed E-state index contributed by atoms with van der Waals surface area (Å²) in [5.74, 6) is -0.321. The fraction of sp³-hybridized carbons (Fsp3) is 0.562. The number of hydrogen-bond acceptors (Lipinski definition) is 3. The predicted octanol–water partition coefficient (Wildman–Crippen LogP) is 3.92. The van der Waals surface area contributed by atoms with Gasteiger partial charge in [-0.15, -0.1) is 0 Å².